The van der Waals surface area contributed by atoms with Gasteiger partial charge < -0.3 is 10.6 Å². The van der Waals surface area contributed by atoms with Crippen LogP contribution >= 0.6 is 0 Å². The number of benzene rings is 1. The number of hydrogen-bond donors (Lipinski definition) is 1. The van der Waals surface area contributed by atoms with E-state index in [9.17, 15) is 4.79 Å². The molecule has 18 heavy (non-hydrogen) atoms. The molecule has 1 fully saturated rings. The van der Waals surface area contributed by atoms with E-state index in [0.29, 0.717) is 18.2 Å². The standard InChI is InChI=1S/C15H18N2O/c1-11-5-6-13(10-12(11)4-3-9-16)15(18)17(2)14-7-8-14/h5-6,10,14H,7-9,16H2,1-2H3. The fourth-order valence-electron chi connectivity index (χ4n) is 1.87. The van der Waals surface area contributed by atoms with Crippen molar-refractivity contribution >= 4 is 5.91 Å². The Labute approximate surface area is 108 Å². The van der Waals surface area contributed by atoms with E-state index >= 15 is 0 Å². The number of nitrogens with two attached hydrogens (primary N) is 1. The molecule has 0 aliphatic heterocycles. The van der Waals surface area contributed by atoms with Crippen molar-refractivity contribution in [2.75, 3.05) is 13.6 Å². The maximum atomic E-state index is 12.2. The zero-order valence-electron chi connectivity index (χ0n) is 10.9. The van der Waals surface area contributed by atoms with Gasteiger partial charge in [-0.05, 0) is 37.5 Å². The Kier molecular flexibility index (Phi) is 3.69. The van der Waals surface area contributed by atoms with Crippen molar-refractivity contribution in [3.8, 4) is 11.8 Å². The lowest BCUT2D eigenvalue weighted by Crippen LogP contribution is -2.28. The summed E-state index contributed by atoms with van der Waals surface area (Å²) in [6.45, 7) is 2.32. The molecule has 0 heterocycles. The SMILES string of the molecule is Cc1ccc(C(=O)N(C)C2CC2)cc1C#CCN. The second kappa shape index (κ2) is 5.24. The Morgan fingerprint density at radius 2 is 2.22 bits per heavy atom. The van der Waals surface area contributed by atoms with Gasteiger partial charge in [0.1, 0.15) is 0 Å². The van der Waals surface area contributed by atoms with E-state index in [-0.39, 0.29) is 5.91 Å². The minimum absolute atomic E-state index is 0.0771. The quantitative estimate of drug-likeness (QED) is 0.800. The van der Waals surface area contributed by atoms with Gasteiger partial charge in [0.25, 0.3) is 5.91 Å². The zero-order valence-corrected chi connectivity index (χ0v) is 10.9. The first-order valence-electron chi connectivity index (χ1n) is 6.20. The van der Waals surface area contributed by atoms with Gasteiger partial charge in [0.15, 0.2) is 0 Å². The van der Waals surface area contributed by atoms with E-state index in [1.807, 2.05) is 37.1 Å². The molecule has 1 aromatic rings. The number of carbonyl (C=O) groups excluding carboxylic acids is 1. The third kappa shape index (κ3) is 2.72. The van der Waals surface area contributed by atoms with Gasteiger partial charge in [-0.15, -0.1) is 0 Å². The van der Waals surface area contributed by atoms with Crippen molar-refractivity contribution in [1.82, 2.24) is 4.90 Å². The smallest absolute Gasteiger partial charge is 0.253 e. The molecule has 3 nitrogen and oxygen atoms in total. The second-order valence-corrected chi connectivity index (χ2v) is 4.68. The molecule has 1 aliphatic rings. The van der Waals surface area contributed by atoms with E-state index < -0.39 is 0 Å². The van der Waals surface area contributed by atoms with E-state index in [4.69, 9.17) is 5.73 Å². The molecule has 0 saturated heterocycles. The summed E-state index contributed by atoms with van der Waals surface area (Å²) in [6, 6.07) is 6.09. The van der Waals surface area contributed by atoms with E-state index in [0.717, 1.165) is 24.0 Å². The average molecular weight is 242 g/mol. The van der Waals surface area contributed by atoms with Crippen LogP contribution in [0.5, 0.6) is 0 Å². The van der Waals surface area contributed by atoms with Crippen molar-refractivity contribution in [3.05, 3.63) is 34.9 Å². The number of rotatable bonds is 2. The summed E-state index contributed by atoms with van der Waals surface area (Å²) in [5, 5.41) is 0. The van der Waals surface area contributed by atoms with Crippen LogP contribution < -0.4 is 5.73 Å². The first-order chi connectivity index (χ1) is 8.63. The van der Waals surface area contributed by atoms with Crippen molar-refractivity contribution in [3.63, 3.8) is 0 Å². The summed E-state index contributed by atoms with van der Waals surface area (Å²) in [5.74, 6) is 5.91. The maximum absolute atomic E-state index is 12.2. The highest BCUT2D eigenvalue weighted by molar-refractivity contribution is 5.95. The zero-order chi connectivity index (χ0) is 13.1. The van der Waals surface area contributed by atoms with Crippen LogP contribution in [-0.4, -0.2) is 30.4 Å². The average Bonchev–Trinajstić information content (AvgIpc) is 3.20. The van der Waals surface area contributed by atoms with Gasteiger partial charge in [0.2, 0.25) is 0 Å². The lowest BCUT2D eigenvalue weighted by atomic mass is 10.0. The minimum Gasteiger partial charge on any atom is -0.339 e. The van der Waals surface area contributed by atoms with Crippen molar-refractivity contribution < 1.29 is 4.79 Å². The first kappa shape index (κ1) is 12.7. The molecular formula is C15H18N2O. The molecule has 3 heteroatoms. The Balaban J connectivity index is 2.25. The molecule has 1 aromatic carbocycles. The lowest BCUT2D eigenvalue weighted by molar-refractivity contribution is 0.0785. The van der Waals surface area contributed by atoms with Crippen LogP contribution in [0.4, 0.5) is 0 Å². The molecule has 0 aromatic heterocycles. The van der Waals surface area contributed by atoms with Gasteiger partial charge in [-0.25, -0.2) is 0 Å². The van der Waals surface area contributed by atoms with Gasteiger partial charge in [0.05, 0.1) is 6.54 Å². The monoisotopic (exact) mass is 242 g/mol. The van der Waals surface area contributed by atoms with E-state index in [2.05, 4.69) is 11.8 Å². The van der Waals surface area contributed by atoms with Gasteiger partial charge in [0, 0.05) is 24.2 Å². The van der Waals surface area contributed by atoms with Gasteiger partial charge in [-0.2, -0.15) is 0 Å². The molecule has 0 bridgehead atoms. The van der Waals surface area contributed by atoms with Gasteiger partial charge >= 0.3 is 0 Å². The summed E-state index contributed by atoms with van der Waals surface area (Å²) in [6.07, 6.45) is 2.24. The fraction of sp³-hybridized carbons (Fsp3) is 0.400. The van der Waals surface area contributed by atoms with Crippen molar-refractivity contribution in [2.45, 2.75) is 25.8 Å². The fourth-order valence-corrected chi connectivity index (χ4v) is 1.87. The van der Waals surface area contributed by atoms with Crippen molar-refractivity contribution in [2.24, 2.45) is 5.73 Å². The number of nitrogens with zero attached hydrogens (tertiary/aromatic N) is 1. The molecule has 94 valence electrons. The molecule has 0 unspecified atom stereocenters. The summed E-state index contributed by atoms with van der Waals surface area (Å²) in [7, 11) is 1.87. The van der Waals surface area contributed by atoms with Crippen LogP contribution in [0.15, 0.2) is 18.2 Å². The Hall–Kier alpha value is -1.79. The summed E-state index contributed by atoms with van der Waals surface area (Å²) >= 11 is 0. The maximum Gasteiger partial charge on any atom is 0.253 e. The van der Waals surface area contributed by atoms with Crippen LogP contribution in [0.1, 0.15) is 34.3 Å². The van der Waals surface area contributed by atoms with Crippen molar-refractivity contribution in [1.29, 1.82) is 0 Å². The Morgan fingerprint density at radius 1 is 1.50 bits per heavy atom. The summed E-state index contributed by atoms with van der Waals surface area (Å²) in [5.41, 5.74) is 8.03. The predicted octanol–water partition coefficient (Wildman–Crippen LogP) is 1.54. The second-order valence-electron chi connectivity index (χ2n) is 4.68. The molecule has 0 spiro atoms. The van der Waals surface area contributed by atoms with Crippen LogP contribution in [0.2, 0.25) is 0 Å². The summed E-state index contributed by atoms with van der Waals surface area (Å²) < 4.78 is 0. The summed E-state index contributed by atoms with van der Waals surface area (Å²) in [4.78, 5) is 14.0. The molecule has 2 N–H and O–H groups in total. The normalized spacial score (nSPS) is 13.7. The lowest BCUT2D eigenvalue weighted by Gasteiger charge is -2.16. The molecule has 1 aliphatic carbocycles. The van der Waals surface area contributed by atoms with Crippen LogP contribution in [0, 0.1) is 18.8 Å². The molecule has 0 radical (unpaired) electrons. The Morgan fingerprint density at radius 3 is 2.83 bits per heavy atom. The first-order valence-corrected chi connectivity index (χ1v) is 6.20. The molecule has 0 atom stereocenters. The number of carbonyl (C=O) groups is 1. The number of aryl methyl sites for hydroxylation is 1. The van der Waals surface area contributed by atoms with Crippen LogP contribution in [-0.2, 0) is 0 Å². The van der Waals surface area contributed by atoms with Gasteiger partial charge in [-0.3, -0.25) is 4.79 Å². The Bertz CT molecular complexity index is 521. The molecule has 2 rings (SSSR count). The molecule has 1 amide bonds. The van der Waals surface area contributed by atoms with E-state index in [1.54, 1.807) is 0 Å². The van der Waals surface area contributed by atoms with Crippen LogP contribution in [0.25, 0.3) is 0 Å². The van der Waals surface area contributed by atoms with Gasteiger partial charge in [-0.1, -0.05) is 17.9 Å². The highest BCUT2D eigenvalue weighted by atomic mass is 16.2. The molecular weight excluding hydrogens is 224 g/mol. The third-order valence-electron chi connectivity index (χ3n) is 3.22. The number of hydrogen-bond acceptors (Lipinski definition) is 2. The highest BCUT2D eigenvalue weighted by Crippen LogP contribution is 2.26. The largest absolute Gasteiger partial charge is 0.339 e. The minimum atomic E-state index is 0.0771. The highest BCUT2D eigenvalue weighted by Gasteiger charge is 2.30. The topological polar surface area (TPSA) is 46.3 Å². The third-order valence-corrected chi connectivity index (χ3v) is 3.22. The van der Waals surface area contributed by atoms with Crippen LogP contribution in [0.3, 0.4) is 0 Å². The molecule has 1 saturated carbocycles. The van der Waals surface area contributed by atoms with E-state index in [1.165, 1.54) is 0 Å². The predicted molar refractivity (Wildman–Crippen MR) is 72.2 cm³/mol. The number of amides is 1.